The van der Waals surface area contributed by atoms with Crippen LogP contribution in [-0.2, 0) is 4.79 Å². The van der Waals surface area contributed by atoms with E-state index >= 15 is 0 Å². The van der Waals surface area contributed by atoms with Crippen LogP contribution in [0.25, 0.3) is 11.2 Å². The van der Waals surface area contributed by atoms with Crippen LogP contribution in [-0.4, -0.2) is 67.4 Å². The molecule has 3 fully saturated rings. The molecule has 1 N–H and O–H groups in total. The molecule has 1 saturated carbocycles. The summed E-state index contributed by atoms with van der Waals surface area (Å²) in [6, 6.07) is 6.91. The standard InChI is InChI=1S/C29H37ClN6O2.ClH/c1-16-12-20(30)7-8-21(16)19(4)36-28-27(18(3)33-36)31-14-26(32-28)34-11-9-24(17(2)15-34)35-10-5-6-25(35)22-13-23(22)29(37)38;/h7-8,12,14,17,19,22-25H,5-6,9-11,13,15H2,1-4H3,(H,37,38);1H. The highest BCUT2D eigenvalue weighted by molar-refractivity contribution is 6.30. The van der Waals surface area contributed by atoms with Gasteiger partial charge in [-0.2, -0.15) is 5.10 Å². The van der Waals surface area contributed by atoms with Crippen LogP contribution in [0.2, 0.25) is 5.02 Å². The van der Waals surface area contributed by atoms with Gasteiger partial charge in [-0.05, 0) is 88.1 Å². The predicted octanol–water partition coefficient (Wildman–Crippen LogP) is 5.53. The fourth-order valence-corrected chi connectivity index (χ4v) is 7.37. The Morgan fingerprint density at radius 2 is 1.97 bits per heavy atom. The monoisotopic (exact) mass is 572 g/mol. The number of hydrogen-bond acceptors (Lipinski definition) is 6. The second-order valence-corrected chi connectivity index (χ2v) is 12.1. The molecule has 10 heteroatoms. The van der Waals surface area contributed by atoms with Gasteiger partial charge in [0.1, 0.15) is 11.3 Å². The smallest absolute Gasteiger partial charge is 0.306 e. The lowest BCUT2D eigenvalue weighted by atomic mass is 9.91. The van der Waals surface area contributed by atoms with E-state index in [1.54, 1.807) is 0 Å². The lowest BCUT2D eigenvalue weighted by molar-refractivity contribution is -0.139. The van der Waals surface area contributed by atoms with Gasteiger partial charge in [0.05, 0.1) is 23.9 Å². The summed E-state index contributed by atoms with van der Waals surface area (Å²) in [7, 11) is 0. The molecule has 0 spiro atoms. The topological polar surface area (TPSA) is 87.4 Å². The van der Waals surface area contributed by atoms with Crippen LogP contribution >= 0.6 is 24.0 Å². The average Bonchev–Trinajstić information content (AvgIpc) is 3.43. The zero-order chi connectivity index (χ0) is 26.7. The predicted molar refractivity (Wildman–Crippen MR) is 156 cm³/mol. The van der Waals surface area contributed by atoms with Crippen molar-refractivity contribution < 1.29 is 9.90 Å². The van der Waals surface area contributed by atoms with Gasteiger partial charge in [-0.1, -0.05) is 24.6 Å². The van der Waals surface area contributed by atoms with Gasteiger partial charge in [0, 0.05) is 30.2 Å². The number of benzene rings is 1. The molecule has 2 aromatic heterocycles. The number of aryl methyl sites for hydroxylation is 2. The Morgan fingerprint density at radius 1 is 1.18 bits per heavy atom. The highest BCUT2D eigenvalue weighted by Crippen LogP contribution is 2.48. The van der Waals surface area contributed by atoms with Crippen molar-refractivity contribution in [1.82, 2.24) is 24.6 Å². The maximum atomic E-state index is 11.5. The molecule has 6 rings (SSSR count). The summed E-state index contributed by atoms with van der Waals surface area (Å²) in [5.74, 6) is 0.948. The summed E-state index contributed by atoms with van der Waals surface area (Å²) in [4.78, 5) is 26.4. The number of halogens is 2. The molecule has 39 heavy (non-hydrogen) atoms. The van der Waals surface area contributed by atoms with Crippen LogP contribution in [0.15, 0.2) is 24.4 Å². The van der Waals surface area contributed by atoms with E-state index in [-0.39, 0.29) is 24.4 Å². The molecule has 1 aliphatic carbocycles. The normalized spacial score (nSPS) is 27.9. The van der Waals surface area contributed by atoms with Crippen molar-refractivity contribution in [2.24, 2.45) is 17.8 Å². The van der Waals surface area contributed by atoms with E-state index in [2.05, 4.69) is 36.6 Å². The summed E-state index contributed by atoms with van der Waals surface area (Å²) in [5, 5.41) is 15.0. The van der Waals surface area contributed by atoms with E-state index in [0.717, 1.165) is 72.2 Å². The summed E-state index contributed by atoms with van der Waals surface area (Å²) in [6.07, 6.45) is 6.11. The van der Waals surface area contributed by atoms with E-state index in [0.29, 0.717) is 23.9 Å². The Balaban J connectivity index is 0.00000308. The molecule has 2 aliphatic heterocycles. The summed E-state index contributed by atoms with van der Waals surface area (Å²) in [6.45, 7) is 11.5. The molecule has 0 amide bonds. The Morgan fingerprint density at radius 3 is 2.67 bits per heavy atom. The fraction of sp³-hybridized carbons (Fsp3) is 0.586. The van der Waals surface area contributed by atoms with Gasteiger partial charge in [-0.3, -0.25) is 9.69 Å². The van der Waals surface area contributed by atoms with Gasteiger partial charge in [-0.15, -0.1) is 12.4 Å². The molecule has 2 saturated heterocycles. The first-order chi connectivity index (χ1) is 18.2. The molecule has 0 radical (unpaired) electrons. The Bertz CT molecular complexity index is 1380. The van der Waals surface area contributed by atoms with E-state index in [1.807, 2.05) is 29.9 Å². The zero-order valence-electron chi connectivity index (χ0n) is 23.0. The third-order valence-corrected chi connectivity index (χ3v) is 9.45. The van der Waals surface area contributed by atoms with E-state index in [4.69, 9.17) is 26.7 Å². The Kier molecular flexibility index (Phi) is 7.83. The molecule has 6 unspecified atom stereocenters. The molecule has 4 heterocycles. The molecule has 8 nitrogen and oxygen atoms in total. The van der Waals surface area contributed by atoms with E-state index in [1.165, 1.54) is 12.0 Å². The summed E-state index contributed by atoms with van der Waals surface area (Å²) < 4.78 is 2.00. The largest absolute Gasteiger partial charge is 0.481 e. The van der Waals surface area contributed by atoms with Gasteiger partial charge in [-0.25, -0.2) is 14.6 Å². The number of anilines is 1. The van der Waals surface area contributed by atoms with Crippen molar-refractivity contribution in [1.29, 1.82) is 0 Å². The molecular weight excluding hydrogens is 535 g/mol. The van der Waals surface area contributed by atoms with Crippen molar-refractivity contribution in [3.8, 4) is 0 Å². The maximum Gasteiger partial charge on any atom is 0.306 e. The number of likely N-dealkylation sites (tertiary alicyclic amines) is 1. The zero-order valence-corrected chi connectivity index (χ0v) is 24.6. The molecule has 6 atom stereocenters. The van der Waals surface area contributed by atoms with Crippen molar-refractivity contribution >= 4 is 47.0 Å². The highest BCUT2D eigenvalue weighted by atomic mass is 35.5. The number of aliphatic carboxylic acids is 1. The van der Waals surface area contributed by atoms with Crippen LogP contribution in [0.1, 0.15) is 62.4 Å². The number of hydrogen-bond donors (Lipinski definition) is 1. The van der Waals surface area contributed by atoms with E-state index in [9.17, 15) is 9.90 Å². The van der Waals surface area contributed by atoms with Crippen molar-refractivity contribution in [3.05, 3.63) is 46.2 Å². The van der Waals surface area contributed by atoms with Crippen molar-refractivity contribution in [2.75, 3.05) is 24.5 Å². The number of piperidine rings is 1. The second kappa shape index (κ2) is 10.9. The Hall–Kier alpha value is -2.42. The van der Waals surface area contributed by atoms with Crippen LogP contribution in [0.3, 0.4) is 0 Å². The first kappa shape index (κ1) is 28.1. The van der Waals surface area contributed by atoms with Gasteiger partial charge >= 0.3 is 5.97 Å². The molecular formula is C29H38Cl2N6O2. The first-order valence-corrected chi connectivity index (χ1v) is 14.3. The number of nitrogens with zero attached hydrogens (tertiary/aromatic N) is 6. The number of carboxylic acids is 1. The number of rotatable bonds is 6. The third kappa shape index (κ3) is 5.11. The molecule has 210 valence electrons. The minimum absolute atomic E-state index is 0. The SMILES string of the molecule is Cc1cc(Cl)ccc1C(C)n1nc(C)c2ncc(N3CCC(N4CCCC4C4CC4C(=O)O)C(C)C3)nc21.Cl. The summed E-state index contributed by atoms with van der Waals surface area (Å²) in [5.41, 5.74) is 4.83. The highest BCUT2D eigenvalue weighted by Gasteiger charge is 2.52. The van der Waals surface area contributed by atoms with Gasteiger partial charge in [0.15, 0.2) is 5.65 Å². The van der Waals surface area contributed by atoms with Crippen LogP contribution < -0.4 is 4.90 Å². The van der Waals surface area contributed by atoms with Crippen molar-refractivity contribution in [3.63, 3.8) is 0 Å². The van der Waals surface area contributed by atoms with E-state index < -0.39 is 5.97 Å². The first-order valence-electron chi connectivity index (χ1n) is 13.9. The fourth-order valence-electron chi connectivity index (χ4n) is 7.15. The van der Waals surface area contributed by atoms with Crippen LogP contribution in [0.4, 0.5) is 5.82 Å². The quantitative estimate of drug-likeness (QED) is 0.415. The lowest BCUT2D eigenvalue weighted by Gasteiger charge is -2.44. The molecule has 3 aliphatic rings. The maximum absolute atomic E-state index is 11.5. The minimum atomic E-state index is -0.617. The molecule has 1 aromatic carbocycles. The van der Waals surface area contributed by atoms with Gasteiger partial charge in [0.2, 0.25) is 0 Å². The number of fused-ring (bicyclic) bond motifs is 1. The second-order valence-electron chi connectivity index (χ2n) is 11.7. The Labute approximate surface area is 241 Å². The lowest BCUT2D eigenvalue weighted by Crippen LogP contribution is -2.52. The summed E-state index contributed by atoms with van der Waals surface area (Å²) >= 11 is 6.21. The number of carboxylic acid groups (broad SMARTS) is 1. The number of aromatic nitrogens is 4. The minimum Gasteiger partial charge on any atom is -0.481 e. The van der Waals surface area contributed by atoms with Gasteiger partial charge < -0.3 is 10.0 Å². The number of carbonyl (C=O) groups is 1. The van der Waals surface area contributed by atoms with Crippen molar-refractivity contribution in [2.45, 2.75) is 71.5 Å². The van der Waals surface area contributed by atoms with Gasteiger partial charge in [0.25, 0.3) is 0 Å². The molecule has 0 bridgehead atoms. The van der Waals surface area contributed by atoms with Crippen LogP contribution in [0.5, 0.6) is 0 Å². The van der Waals surface area contributed by atoms with Crippen LogP contribution in [0, 0.1) is 31.6 Å². The molecule has 3 aromatic rings. The average molecular weight is 574 g/mol. The third-order valence-electron chi connectivity index (χ3n) is 9.21.